The fourth-order valence-corrected chi connectivity index (χ4v) is 3.94. The van der Waals surface area contributed by atoms with Crippen molar-refractivity contribution >= 4 is 28.7 Å². The number of ketones is 1. The van der Waals surface area contributed by atoms with Crippen molar-refractivity contribution < 1.29 is 23.5 Å². The lowest BCUT2D eigenvalue weighted by Crippen LogP contribution is -2.31. The monoisotopic (exact) mass is 397 g/mol. The lowest BCUT2D eigenvalue weighted by Gasteiger charge is -2.27. The summed E-state index contributed by atoms with van der Waals surface area (Å²) in [7, 11) is 0. The van der Waals surface area contributed by atoms with Crippen molar-refractivity contribution in [2.75, 3.05) is 4.90 Å². The third kappa shape index (κ3) is 2.90. The Morgan fingerprint density at radius 1 is 1.04 bits per heavy atom. The first kappa shape index (κ1) is 18.1. The number of Topliss-reactive ketones (excluding diaryl/α,β-unsaturated/α-hetero) is 1. The number of hydrogen-bond donors (Lipinski definition) is 1. The number of aliphatic hydroxyl groups excluding tert-OH is 1. The molecule has 2 aromatic carbocycles. The maximum absolute atomic E-state index is 14.6. The van der Waals surface area contributed by atoms with Gasteiger partial charge in [0.05, 0.1) is 16.5 Å². The molecule has 4 nitrogen and oxygen atoms in total. The highest BCUT2D eigenvalue weighted by atomic mass is 32.1. The predicted molar refractivity (Wildman–Crippen MR) is 101 cm³/mol. The van der Waals surface area contributed by atoms with Crippen LogP contribution in [-0.4, -0.2) is 16.8 Å². The van der Waals surface area contributed by atoms with Crippen LogP contribution in [0.3, 0.4) is 0 Å². The van der Waals surface area contributed by atoms with Crippen LogP contribution < -0.4 is 4.90 Å². The van der Waals surface area contributed by atoms with Crippen LogP contribution in [-0.2, 0) is 4.79 Å². The number of halogens is 2. The number of hydrogen-bond acceptors (Lipinski definition) is 4. The summed E-state index contributed by atoms with van der Waals surface area (Å²) >= 11 is 1.14. The molecular formula is C21H13F2NO3S. The lowest BCUT2D eigenvalue weighted by molar-refractivity contribution is -0.117. The van der Waals surface area contributed by atoms with E-state index in [9.17, 15) is 23.5 Å². The highest BCUT2D eigenvalue weighted by Gasteiger charge is 2.45. The van der Waals surface area contributed by atoms with Crippen molar-refractivity contribution in [1.82, 2.24) is 0 Å². The summed E-state index contributed by atoms with van der Waals surface area (Å²) in [5, 5.41) is 12.2. The Balaban J connectivity index is 1.92. The molecule has 1 aromatic heterocycles. The Bertz CT molecular complexity index is 1110. The smallest absolute Gasteiger partial charge is 0.294 e. The van der Waals surface area contributed by atoms with E-state index in [2.05, 4.69) is 0 Å². The molecule has 0 radical (unpaired) electrons. The maximum atomic E-state index is 14.6. The van der Waals surface area contributed by atoms with Crippen LogP contribution in [0.25, 0.3) is 0 Å². The van der Waals surface area contributed by atoms with Gasteiger partial charge in [-0.15, -0.1) is 11.3 Å². The number of nitrogens with zero attached hydrogens (tertiary/aromatic N) is 1. The van der Waals surface area contributed by atoms with Crippen LogP contribution in [0.1, 0.15) is 21.3 Å². The highest BCUT2D eigenvalue weighted by Crippen LogP contribution is 2.43. The van der Waals surface area contributed by atoms with E-state index in [1.54, 1.807) is 23.6 Å². The molecule has 0 fully saturated rings. The molecule has 0 saturated heterocycles. The van der Waals surface area contributed by atoms with Crippen LogP contribution in [0.5, 0.6) is 0 Å². The zero-order valence-corrected chi connectivity index (χ0v) is 15.1. The van der Waals surface area contributed by atoms with E-state index >= 15 is 0 Å². The van der Waals surface area contributed by atoms with Gasteiger partial charge in [0, 0.05) is 11.3 Å². The zero-order valence-electron chi connectivity index (χ0n) is 14.3. The molecule has 4 rings (SSSR count). The minimum Gasteiger partial charge on any atom is -0.503 e. The fraction of sp³-hybridized carbons (Fsp3) is 0.0476. The molecule has 1 unspecified atom stereocenters. The molecule has 0 saturated carbocycles. The number of amides is 1. The largest absolute Gasteiger partial charge is 0.503 e. The number of benzene rings is 2. The summed E-state index contributed by atoms with van der Waals surface area (Å²) in [6.45, 7) is 0. The van der Waals surface area contributed by atoms with Gasteiger partial charge in [0.2, 0.25) is 5.78 Å². The van der Waals surface area contributed by atoms with Crippen LogP contribution in [0.15, 0.2) is 77.4 Å². The van der Waals surface area contributed by atoms with Crippen LogP contribution >= 0.6 is 11.3 Å². The Labute approximate surface area is 163 Å². The molecule has 3 aromatic rings. The predicted octanol–water partition coefficient (Wildman–Crippen LogP) is 4.81. The summed E-state index contributed by atoms with van der Waals surface area (Å²) in [4.78, 5) is 27.2. The van der Waals surface area contributed by atoms with Gasteiger partial charge < -0.3 is 5.11 Å². The molecular weight excluding hydrogens is 384 g/mol. The van der Waals surface area contributed by atoms with Gasteiger partial charge in [-0.3, -0.25) is 14.5 Å². The van der Waals surface area contributed by atoms with E-state index in [0.717, 1.165) is 22.3 Å². The Kier molecular flexibility index (Phi) is 4.52. The molecule has 0 spiro atoms. The number of thiophene rings is 1. The molecule has 1 aliphatic heterocycles. The maximum Gasteiger partial charge on any atom is 0.294 e. The SMILES string of the molecule is O=C(C1=C(O)C(=O)N(c2cccc(F)c2)C1c1ccccc1F)c1cccs1. The minimum atomic E-state index is -1.22. The molecule has 140 valence electrons. The van der Waals surface area contributed by atoms with E-state index in [1.165, 1.54) is 36.4 Å². The van der Waals surface area contributed by atoms with Gasteiger partial charge in [0.15, 0.2) is 5.76 Å². The minimum absolute atomic E-state index is 0.0315. The average Bonchev–Trinajstić information content (AvgIpc) is 3.30. The van der Waals surface area contributed by atoms with E-state index < -0.39 is 35.1 Å². The topological polar surface area (TPSA) is 57.6 Å². The van der Waals surface area contributed by atoms with E-state index in [4.69, 9.17) is 0 Å². The summed E-state index contributed by atoms with van der Waals surface area (Å²) in [6, 6.07) is 12.8. The van der Waals surface area contributed by atoms with E-state index in [-0.39, 0.29) is 16.8 Å². The van der Waals surface area contributed by atoms with Crippen molar-refractivity contribution in [1.29, 1.82) is 0 Å². The number of rotatable bonds is 4. The quantitative estimate of drug-likeness (QED) is 0.643. The van der Waals surface area contributed by atoms with Gasteiger partial charge in [0.25, 0.3) is 5.91 Å². The third-order valence-corrected chi connectivity index (χ3v) is 5.35. The molecule has 28 heavy (non-hydrogen) atoms. The first-order chi connectivity index (χ1) is 13.5. The number of carbonyl (C=O) groups is 2. The normalized spacial score (nSPS) is 16.7. The van der Waals surface area contributed by atoms with Crippen molar-refractivity contribution in [2.45, 2.75) is 6.04 Å². The number of carbonyl (C=O) groups excluding carboxylic acids is 2. The van der Waals surface area contributed by atoms with Gasteiger partial charge in [-0.2, -0.15) is 0 Å². The Morgan fingerprint density at radius 3 is 2.50 bits per heavy atom. The fourth-order valence-electron chi connectivity index (χ4n) is 3.26. The highest BCUT2D eigenvalue weighted by molar-refractivity contribution is 7.12. The second-order valence-electron chi connectivity index (χ2n) is 6.15. The van der Waals surface area contributed by atoms with Gasteiger partial charge in [-0.05, 0) is 35.7 Å². The summed E-state index contributed by atoms with van der Waals surface area (Å²) in [5.41, 5.74) is -0.0929. The third-order valence-electron chi connectivity index (χ3n) is 4.48. The molecule has 1 aliphatic rings. The lowest BCUT2D eigenvalue weighted by atomic mass is 9.94. The molecule has 0 bridgehead atoms. The number of aliphatic hydroxyl groups is 1. The van der Waals surface area contributed by atoms with Crippen LogP contribution in [0, 0.1) is 11.6 Å². The van der Waals surface area contributed by atoms with Crippen molar-refractivity contribution in [3.63, 3.8) is 0 Å². The Hall–Kier alpha value is -3.32. The van der Waals surface area contributed by atoms with Crippen molar-refractivity contribution in [2.24, 2.45) is 0 Å². The van der Waals surface area contributed by atoms with Gasteiger partial charge in [-0.1, -0.05) is 30.3 Å². The van der Waals surface area contributed by atoms with Crippen molar-refractivity contribution in [3.8, 4) is 0 Å². The first-order valence-corrected chi connectivity index (χ1v) is 9.22. The van der Waals surface area contributed by atoms with Gasteiger partial charge in [-0.25, -0.2) is 8.78 Å². The zero-order chi connectivity index (χ0) is 19.8. The average molecular weight is 397 g/mol. The van der Waals surface area contributed by atoms with Gasteiger partial charge in [0.1, 0.15) is 11.6 Å². The standard InChI is InChI=1S/C21H13F2NO3S/c22-12-5-3-6-13(11-12)24-18(14-7-1-2-8-15(14)23)17(20(26)21(24)27)19(25)16-9-4-10-28-16/h1-11,18,26H. The van der Waals surface area contributed by atoms with Crippen LogP contribution in [0.2, 0.25) is 0 Å². The second kappa shape index (κ2) is 7.01. The van der Waals surface area contributed by atoms with Crippen LogP contribution in [0.4, 0.5) is 14.5 Å². The second-order valence-corrected chi connectivity index (χ2v) is 7.10. The molecule has 7 heteroatoms. The molecule has 0 aliphatic carbocycles. The first-order valence-electron chi connectivity index (χ1n) is 8.34. The van der Waals surface area contributed by atoms with Crippen molar-refractivity contribution in [3.05, 3.63) is 99.5 Å². The number of anilines is 1. The summed E-state index contributed by atoms with van der Waals surface area (Å²) in [6.07, 6.45) is 0. The molecule has 1 amide bonds. The summed E-state index contributed by atoms with van der Waals surface area (Å²) < 4.78 is 28.4. The molecule has 1 N–H and O–H groups in total. The molecule has 1 atom stereocenters. The molecule has 2 heterocycles. The summed E-state index contributed by atoms with van der Waals surface area (Å²) in [5.74, 6) is -3.48. The van der Waals surface area contributed by atoms with Gasteiger partial charge >= 0.3 is 0 Å². The Morgan fingerprint density at radius 2 is 1.82 bits per heavy atom. The van der Waals surface area contributed by atoms with E-state index in [1.807, 2.05) is 0 Å². The van der Waals surface area contributed by atoms with E-state index in [0.29, 0.717) is 4.88 Å².